The Hall–Kier alpha value is -10.2. The summed E-state index contributed by atoms with van der Waals surface area (Å²) in [5.74, 6) is 0. The van der Waals surface area contributed by atoms with Crippen LogP contribution in [0.5, 0.6) is 0 Å². The Bertz CT molecular complexity index is 4680. The van der Waals surface area contributed by atoms with Crippen molar-refractivity contribution in [3.05, 3.63) is 297 Å². The van der Waals surface area contributed by atoms with Crippen LogP contribution >= 0.6 is 0 Å². The summed E-state index contributed by atoms with van der Waals surface area (Å²) in [5.41, 5.74) is 19.6. The van der Waals surface area contributed by atoms with Crippen LogP contribution in [0.4, 0.5) is 34.1 Å². The van der Waals surface area contributed by atoms with E-state index in [0.717, 1.165) is 39.7 Å². The molecule has 2 heterocycles. The molecule has 0 saturated carbocycles. The molecule has 0 bridgehead atoms. The topological polar surface area (TPSA) is 10.9 Å². The third kappa shape index (κ3) is 7.43. The number of anilines is 6. The Labute approximate surface area is 447 Å². The lowest BCUT2D eigenvalue weighted by molar-refractivity contribution is 1.28. The maximum Gasteiger partial charge on any atom is 0.0627 e. The van der Waals surface area contributed by atoms with Crippen molar-refractivity contribution in [2.75, 3.05) is 9.80 Å². The van der Waals surface area contributed by atoms with E-state index >= 15 is 0 Å². The minimum atomic E-state index is 1.08. The number of hydrogen-bond acceptors (Lipinski definition) is 2. The fraction of sp³-hybridized carbons (Fsp3) is 0. The van der Waals surface area contributed by atoms with Crippen LogP contribution in [0.3, 0.4) is 0 Å². The van der Waals surface area contributed by atoms with Crippen molar-refractivity contribution in [3.8, 4) is 44.5 Å². The van der Waals surface area contributed by atoms with E-state index in [1.54, 1.807) is 0 Å². The average molecular weight is 980 g/mol. The van der Waals surface area contributed by atoms with E-state index in [2.05, 4.69) is 311 Å². The quantitative estimate of drug-likeness (QED) is 0.135. The largest absolute Gasteiger partial charge is 0.310 e. The summed E-state index contributed by atoms with van der Waals surface area (Å²) in [5, 5.41) is 9.82. The maximum atomic E-state index is 2.58. The minimum absolute atomic E-state index is 1.08. The van der Waals surface area contributed by atoms with Crippen LogP contribution < -0.4 is 9.80 Å². The Morgan fingerprint density at radius 2 is 0.688 bits per heavy atom. The first kappa shape index (κ1) is 44.3. The molecule has 0 amide bonds. The second-order valence-electron chi connectivity index (χ2n) is 20.0. The molecule has 15 rings (SSSR count). The van der Waals surface area contributed by atoms with Gasteiger partial charge in [-0.3, -0.25) is 0 Å². The molecule has 0 radical (unpaired) electrons. The van der Waals surface area contributed by atoms with Gasteiger partial charge in [-0.2, -0.15) is 0 Å². The van der Waals surface area contributed by atoms with Gasteiger partial charge in [-0.05, 0) is 116 Å². The van der Waals surface area contributed by atoms with Gasteiger partial charge in [0.2, 0.25) is 0 Å². The molecule has 77 heavy (non-hydrogen) atoms. The van der Waals surface area contributed by atoms with Gasteiger partial charge in [0.05, 0.1) is 27.9 Å². The highest BCUT2D eigenvalue weighted by Gasteiger charge is 2.26. The zero-order chi connectivity index (χ0) is 50.8. The molecule has 0 aliphatic rings. The van der Waals surface area contributed by atoms with Crippen molar-refractivity contribution in [2.45, 2.75) is 0 Å². The summed E-state index contributed by atoms with van der Waals surface area (Å²) in [6.07, 6.45) is 0. The number of benzene rings is 13. The van der Waals surface area contributed by atoms with Crippen molar-refractivity contribution in [2.24, 2.45) is 0 Å². The number of rotatable bonds is 10. The molecule has 13 aromatic carbocycles. The highest BCUT2D eigenvalue weighted by atomic mass is 15.2. The molecule has 15 aromatic rings. The van der Waals surface area contributed by atoms with Crippen LogP contribution in [-0.4, -0.2) is 4.40 Å². The lowest BCUT2D eigenvalue weighted by Crippen LogP contribution is -2.11. The summed E-state index contributed by atoms with van der Waals surface area (Å²) in [7, 11) is 0. The van der Waals surface area contributed by atoms with Gasteiger partial charge in [-0.25, -0.2) is 0 Å². The van der Waals surface area contributed by atoms with Crippen LogP contribution in [0, 0.1) is 0 Å². The molecule has 0 unspecified atom stereocenters. The van der Waals surface area contributed by atoms with E-state index in [0.29, 0.717) is 0 Å². The molecule has 0 fully saturated rings. The van der Waals surface area contributed by atoms with Gasteiger partial charge in [0.1, 0.15) is 0 Å². The van der Waals surface area contributed by atoms with Crippen LogP contribution in [0.2, 0.25) is 0 Å². The van der Waals surface area contributed by atoms with Crippen LogP contribution in [0.25, 0.3) is 104 Å². The third-order valence-electron chi connectivity index (χ3n) is 15.6. The van der Waals surface area contributed by atoms with E-state index in [1.807, 2.05) is 0 Å². The van der Waals surface area contributed by atoms with Crippen molar-refractivity contribution >= 4 is 93.8 Å². The first-order chi connectivity index (χ1) is 38.2. The zero-order valence-electron chi connectivity index (χ0n) is 42.1. The Morgan fingerprint density at radius 1 is 0.234 bits per heavy atom. The molecule has 0 aliphatic carbocycles. The van der Waals surface area contributed by atoms with Crippen LogP contribution in [0.15, 0.2) is 297 Å². The summed E-state index contributed by atoms with van der Waals surface area (Å²) in [4.78, 5) is 4.91. The predicted molar refractivity (Wildman–Crippen MR) is 327 cm³/mol. The molecule has 3 nitrogen and oxygen atoms in total. The molecule has 0 N–H and O–H groups in total. The van der Waals surface area contributed by atoms with E-state index in [9.17, 15) is 0 Å². The third-order valence-corrected chi connectivity index (χ3v) is 15.6. The molecular weight excluding hydrogens is 931 g/mol. The summed E-state index contributed by atoms with van der Waals surface area (Å²) < 4.78 is 2.58. The Kier molecular flexibility index (Phi) is 10.5. The summed E-state index contributed by atoms with van der Waals surface area (Å²) >= 11 is 0. The van der Waals surface area contributed by atoms with E-state index in [1.165, 1.54) is 98.6 Å². The standard InChI is InChI=1S/C74H49N3/c1-5-21-50(22-6-1)55-30-19-32-58(45-55)75(69-37-17-15-34-62(69)52-25-9-3-10-26-52)60-41-39-57-47-68-65-44-42-61(49-71(65)77-73-64-36-14-13-29-54(64)40-43-66(73)72(74(68)77)67(57)48-60)76(59-33-20-31-56(46-59)51-23-7-2-8-24-51)70-38-18-16-35-63(70)53-27-11-4-12-28-53/h1-49H. The molecule has 0 spiro atoms. The smallest absolute Gasteiger partial charge is 0.0627 e. The molecule has 0 aliphatic heterocycles. The van der Waals surface area contributed by atoms with Gasteiger partial charge in [0.15, 0.2) is 0 Å². The zero-order valence-corrected chi connectivity index (χ0v) is 42.1. The van der Waals surface area contributed by atoms with Crippen LogP contribution in [0.1, 0.15) is 0 Å². The van der Waals surface area contributed by atoms with E-state index in [4.69, 9.17) is 0 Å². The van der Waals surface area contributed by atoms with Gasteiger partial charge in [0, 0.05) is 60.8 Å². The SMILES string of the molecule is c1ccc(-c2cccc(N(c3ccc4cc5c6ccc(N(c7cccc(-c8ccccc8)c7)c7ccccc7-c7ccccc7)cc6n6c7c8ccccc8ccc7c(c4c3)c56)c3ccccc3-c3ccccc3)c2)cc1. The molecule has 360 valence electrons. The highest BCUT2D eigenvalue weighted by Crippen LogP contribution is 2.50. The van der Waals surface area contributed by atoms with Gasteiger partial charge in [0.25, 0.3) is 0 Å². The molecule has 3 heteroatoms. The van der Waals surface area contributed by atoms with Crippen molar-refractivity contribution in [1.82, 2.24) is 4.40 Å². The van der Waals surface area contributed by atoms with Crippen LogP contribution in [-0.2, 0) is 0 Å². The first-order valence-corrected chi connectivity index (χ1v) is 26.5. The van der Waals surface area contributed by atoms with Crippen molar-refractivity contribution < 1.29 is 0 Å². The lowest BCUT2D eigenvalue weighted by Gasteiger charge is -2.28. The second kappa shape index (κ2) is 18.3. The number of fused-ring (bicyclic) bond motifs is 10. The normalized spacial score (nSPS) is 11.6. The fourth-order valence-corrected chi connectivity index (χ4v) is 12.2. The van der Waals surface area contributed by atoms with Crippen molar-refractivity contribution in [3.63, 3.8) is 0 Å². The first-order valence-electron chi connectivity index (χ1n) is 26.5. The Balaban J connectivity index is 0.998. The number of hydrogen-bond donors (Lipinski definition) is 0. The minimum Gasteiger partial charge on any atom is -0.310 e. The summed E-state index contributed by atoms with van der Waals surface area (Å²) in [6.45, 7) is 0. The number of nitrogens with zero attached hydrogens (tertiary/aromatic N) is 3. The maximum absolute atomic E-state index is 2.58. The average Bonchev–Trinajstić information content (AvgIpc) is 4.20. The molecule has 2 aromatic heterocycles. The van der Waals surface area contributed by atoms with Gasteiger partial charge < -0.3 is 14.2 Å². The Morgan fingerprint density at radius 3 is 1.29 bits per heavy atom. The van der Waals surface area contributed by atoms with Crippen molar-refractivity contribution in [1.29, 1.82) is 0 Å². The monoisotopic (exact) mass is 979 g/mol. The summed E-state index contributed by atoms with van der Waals surface area (Å²) in [6, 6.07) is 109. The van der Waals surface area contributed by atoms with Gasteiger partial charge >= 0.3 is 0 Å². The number of para-hydroxylation sites is 2. The molecule has 0 saturated heterocycles. The van der Waals surface area contributed by atoms with Gasteiger partial charge in [-0.15, -0.1) is 0 Å². The highest BCUT2D eigenvalue weighted by molar-refractivity contribution is 6.34. The molecule has 0 atom stereocenters. The predicted octanol–water partition coefficient (Wildman–Crippen LogP) is 20.8. The lowest BCUT2D eigenvalue weighted by atomic mass is 9.97. The van der Waals surface area contributed by atoms with Gasteiger partial charge in [-0.1, -0.05) is 231 Å². The number of aromatic nitrogens is 1. The van der Waals surface area contributed by atoms with E-state index in [-0.39, 0.29) is 0 Å². The second-order valence-corrected chi connectivity index (χ2v) is 20.0. The van der Waals surface area contributed by atoms with E-state index < -0.39 is 0 Å². The fourth-order valence-electron chi connectivity index (χ4n) is 12.2. The molecular formula is C74H49N3.